The van der Waals surface area contributed by atoms with Crippen LogP contribution in [-0.4, -0.2) is 62.7 Å². The number of carbonyl (C=O) groups excluding carboxylic acids is 1. The zero-order chi connectivity index (χ0) is 19.2. The van der Waals surface area contributed by atoms with Crippen LogP contribution in [0.4, 0.5) is 5.69 Å². The normalized spacial score (nSPS) is 18.9. The number of piperazine rings is 1. The maximum atomic E-state index is 12.4. The molecular weight excluding hydrogens is 350 g/mol. The van der Waals surface area contributed by atoms with E-state index in [4.69, 9.17) is 4.74 Å². The number of hydrogen-bond donors (Lipinski definition) is 1. The van der Waals surface area contributed by atoms with Gasteiger partial charge in [-0.05, 0) is 24.3 Å². The average molecular weight is 381 g/mol. The monoisotopic (exact) mass is 380 g/mol. The van der Waals surface area contributed by atoms with E-state index in [1.54, 1.807) is 4.90 Å². The average Bonchev–Trinajstić information content (AvgIpc) is 2.79. The van der Waals surface area contributed by atoms with E-state index in [1.807, 2.05) is 35.2 Å². The fourth-order valence-electron chi connectivity index (χ4n) is 4.39. The van der Waals surface area contributed by atoms with Crippen LogP contribution < -0.4 is 14.5 Å². The van der Waals surface area contributed by atoms with Gasteiger partial charge >= 0.3 is 0 Å². The van der Waals surface area contributed by atoms with Gasteiger partial charge in [-0.1, -0.05) is 36.4 Å². The van der Waals surface area contributed by atoms with Crippen LogP contribution in [0.15, 0.2) is 60.7 Å². The number of nitrogens with zero attached hydrogens (tertiary/aromatic N) is 2. The fraction of sp³-hybridized carbons (Fsp3) is 0.435. The Balaban J connectivity index is 1.20. The van der Waals surface area contributed by atoms with E-state index in [2.05, 4.69) is 35.2 Å². The first-order chi connectivity index (χ1) is 13.8. The minimum atomic E-state index is 0.103. The van der Waals surface area contributed by atoms with Gasteiger partial charge < -0.3 is 19.4 Å². The number of likely N-dealkylation sites (tertiary alicyclic amines) is 1. The molecule has 0 aliphatic carbocycles. The molecule has 4 rings (SSSR count). The van der Waals surface area contributed by atoms with Gasteiger partial charge in [-0.2, -0.15) is 0 Å². The van der Waals surface area contributed by atoms with Crippen molar-refractivity contribution in [1.29, 1.82) is 0 Å². The summed E-state index contributed by atoms with van der Waals surface area (Å²) >= 11 is 0. The van der Waals surface area contributed by atoms with Gasteiger partial charge in [0.15, 0.2) is 6.61 Å². The van der Waals surface area contributed by atoms with Gasteiger partial charge in [0.2, 0.25) is 0 Å². The number of hydrogen-bond acceptors (Lipinski definition) is 3. The third-order valence-corrected chi connectivity index (χ3v) is 6.06. The zero-order valence-electron chi connectivity index (χ0n) is 16.4. The molecule has 28 heavy (non-hydrogen) atoms. The lowest BCUT2D eigenvalue weighted by Gasteiger charge is -2.40. The first-order valence-corrected chi connectivity index (χ1v) is 10.4. The second kappa shape index (κ2) is 9.11. The van der Waals surface area contributed by atoms with Crippen LogP contribution in [0.3, 0.4) is 0 Å². The standard InChI is InChI=1S/C23H29N3O2/c27-23(19-28-22-9-5-2-6-10-22)26-13-11-21(12-14-26)25-17-15-24(16-18-25)20-7-3-1-4-8-20/h1-10,21H,11-19H2/p+1. The quantitative estimate of drug-likeness (QED) is 0.853. The van der Waals surface area contributed by atoms with E-state index < -0.39 is 0 Å². The molecule has 2 aromatic rings. The second-order valence-corrected chi connectivity index (χ2v) is 7.74. The van der Waals surface area contributed by atoms with Crippen LogP contribution in [0.5, 0.6) is 5.75 Å². The molecule has 2 aliphatic rings. The van der Waals surface area contributed by atoms with Gasteiger partial charge in [0.05, 0.1) is 32.2 Å². The number of anilines is 1. The summed E-state index contributed by atoms with van der Waals surface area (Å²) in [7, 11) is 0. The second-order valence-electron chi connectivity index (χ2n) is 7.74. The molecule has 5 heteroatoms. The van der Waals surface area contributed by atoms with E-state index >= 15 is 0 Å². The van der Waals surface area contributed by atoms with Gasteiger partial charge in [0.1, 0.15) is 5.75 Å². The van der Waals surface area contributed by atoms with Crippen LogP contribution in [0.1, 0.15) is 12.8 Å². The molecule has 2 saturated heterocycles. The Morgan fingerprint density at radius 1 is 0.893 bits per heavy atom. The Labute approximate surface area is 167 Å². The van der Waals surface area contributed by atoms with Crippen molar-refractivity contribution in [3.63, 3.8) is 0 Å². The molecule has 0 saturated carbocycles. The first kappa shape index (κ1) is 18.8. The summed E-state index contributed by atoms with van der Waals surface area (Å²) in [5.74, 6) is 0.859. The molecule has 2 fully saturated rings. The highest BCUT2D eigenvalue weighted by Gasteiger charge is 2.32. The molecule has 0 radical (unpaired) electrons. The highest BCUT2D eigenvalue weighted by molar-refractivity contribution is 5.77. The summed E-state index contributed by atoms with van der Waals surface area (Å²) in [6.07, 6.45) is 2.19. The van der Waals surface area contributed by atoms with Crippen LogP contribution in [-0.2, 0) is 4.79 Å². The Bertz CT molecular complexity index is 737. The van der Waals surface area contributed by atoms with Gasteiger partial charge in [-0.3, -0.25) is 4.79 Å². The van der Waals surface area contributed by atoms with Gasteiger partial charge in [-0.25, -0.2) is 0 Å². The number of quaternary nitrogens is 1. The highest BCUT2D eigenvalue weighted by Crippen LogP contribution is 2.14. The van der Waals surface area contributed by atoms with Gasteiger partial charge in [-0.15, -0.1) is 0 Å². The van der Waals surface area contributed by atoms with Crippen molar-refractivity contribution in [1.82, 2.24) is 4.90 Å². The van der Waals surface area contributed by atoms with E-state index in [1.165, 1.54) is 18.8 Å². The number of amides is 1. The predicted octanol–water partition coefficient (Wildman–Crippen LogP) is 1.46. The lowest BCUT2D eigenvalue weighted by atomic mass is 10.0. The summed E-state index contributed by atoms with van der Waals surface area (Å²) in [6.45, 7) is 6.44. The number of nitrogens with one attached hydrogen (secondary N) is 1. The molecular formula is C23H30N3O2+. The summed E-state index contributed by atoms with van der Waals surface area (Å²) in [6, 6.07) is 20.9. The fourth-order valence-corrected chi connectivity index (χ4v) is 4.39. The molecule has 1 amide bonds. The molecule has 0 spiro atoms. The number of benzene rings is 2. The maximum Gasteiger partial charge on any atom is 0.260 e. The molecule has 1 N–H and O–H groups in total. The molecule has 0 bridgehead atoms. The largest absolute Gasteiger partial charge is 0.484 e. The predicted molar refractivity (Wildman–Crippen MR) is 111 cm³/mol. The lowest BCUT2D eigenvalue weighted by Crippen LogP contribution is -3.18. The van der Waals surface area contributed by atoms with E-state index in [9.17, 15) is 4.79 Å². The molecule has 0 unspecified atom stereocenters. The molecule has 2 aliphatic heterocycles. The van der Waals surface area contributed by atoms with Crippen molar-refractivity contribution in [3.05, 3.63) is 60.7 Å². The topological polar surface area (TPSA) is 37.2 Å². The molecule has 5 nitrogen and oxygen atoms in total. The van der Waals surface area contributed by atoms with Crippen LogP contribution in [0, 0.1) is 0 Å². The number of para-hydroxylation sites is 2. The number of carbonyl (C=O) groups is 1. The minimum absolute atomic E-state index is 0.103. The smallest absolute Gasteiger partial charge is 0.260 e. The molecule has 0 atom stereocenters. The minimum Gasteiger partial charge on any atom is -0.484 e. The van der Waals surface area contributed by atoms with Crippen molar-refractivity contribution in [2.45, 2.75) is 18.9 Å². The molecule has 2 aromatic carbocycles. The molecule has 0 aromatic heterocycles. The Morgan fingerprint density at radius 3 is 2.14 bits per heavy atom. The summed E-state index contributed by atoms with van der Waals surface area (Å²) in [4.78, 5) is 18.6. The van der Waals surface area contributed by atoms with Crippen molar-refractivity contribution < 1.29 is 14.4 Å². The number of ether oxygens (including phenoxy) is 1. The van der Waals surface area contributed by atoms with Crippen molar-refractivity contribution in [3.8, 4) is 5.75 Å². The lowest BCUT2D eigenvalue weighted by molar-refractivity contribution is -0.927. The van der Waals surface area contributed by atoms with Crippen LogP contribution >= 0.6 is 0 Å². The Morgan fingerprint density at radius 2 is 1.50 bits per heavy atom. The summed E-state index contributed by atoms with van der Waals surface area (Å²) in [5, 5.41) is 0. The summed E-state index contributed by atoms with van der Waals surface area (Å²) in [5.41, 5.74) is 1.33. The Hall–Kier alpha value is -2.53. The first-order valence-electron chi connectivity index (χ1n) is 10.4. The van der Waals surface area contributed by atoms with Crippen molar-refractivity contribution >= 4 is 11.6 Å². The number of piperidine rings is 1. The molecule has 148 valence electrons. The number of rotatable bonds is 5. The SMILES string of the molecule is O=C(COc1ccccc1)N1CCC([NH+]2CCN(c3ccccc3)CC2)CC1. The maximum absolute atomic E-state index is 12.4. The zero-order valence-corrected chi connectivity index (χ0v) is 16.4. The van der Waals surface area contributed by atoms with Crippen LogP contribution in [0.25, 0.3) is 0 Å². The van der Waals surface area contributed by atoms with Gasteiger partial charge in [0.25, 0.3) is 5.91 Å². The van der Waals surface area contributed by atoms with E-state index in [-0.39, 0.29) is 12.5 Å². The third kappa shape index (κ3) is 4.65. The van der Waals surface area contributed by atoms with Crippen LogP contribution in [0.2, 0.25) is 0 Å². The summed E-state index contributed by atoms with van der Waals surface area (Å²) < 4.78 is 5.62. The highest BCUT2D eigenvalue weighted by atomic mass is 16.5. The van der Waals surface area contributed by atoms with E-state index in [0.717, 1.165) is 44.8 Å². The van der Waals surface area contributed by atoms with Gasteiger partial charge in [0, 0.05) is 31.6 Å². The van der Waals surface area contributed by atoms with Crippen molar-refractivity contribution in [2.75, 3.05) is 50.8 Å². The Kier molecular flexibility index (Phi) is 6.12. The van der Waals surface area contributed by atoms with E-state index in [0.29, 0.717) is 6.04 Å². The molecule has 2 heterocycles. The third-order valence-electron chi connectivity index (χ3n) is 6.06. The van der Waals surface area contributed by atoms with Crippen molar-refractivity contribution in [2.24, 2.45) is 0 Å².